The van der Waals surface area contributed by atoms with E-state index in [1.54, 1.807) is 0 Å². The second-order valence-corrected chi connectivity index (χ2v) is 3.71. The molecule has 0 aliphatic rings. The van der Waals surface area contributed by atoms with Crippen LogP contribution in [-0.2, 0) is 4.79 Å². The van der Waals surface area contributed by atoms with E-state index < -0.39 is 23.9 Å². The number of alkyl halides is 3. The van der Waals surface area contributed by atoms with Crippen molar-refractivity contribution in [3.63, 3.8) is 0 Å². The molecule has 1 amide bonds. The zero-order valence-electron chi connectivity index (χ0n) is 9.70. The summed E-state index contributed by atoms with van der Waals surface area (Å²) in [5.41, 5.74) is 5.55. The lowest BCUT2D eigenvalue weighted by Gasteiger charge is -2.13. The number of carbonyl (C=O) groups is 1. The van der Waals surface area contributed by atoms with Crippen molar-refractivity contribution in [3.05, 3.63) is 24.0 Å². The van der Waals surface area contributed by atoms with Crippen LogP contribution in [0.1, 0.15) is 31.4 Å². The number of nitrogens with two attached hydrogens (primary N) is 1. The lowest BCUT2D eigenvalue weighted by Crippen LogP contribution is -2.22. The van der Waals surface area contributed by atoms with E-state index in [2.05, 4.69) is 9.72 Å². The van der Waals surface area contributed by atoms with Crippen molar-refractivity contribution in [3.8, 4) is 5.75 Å². The normalized spacial score (nSPS) is 13.1. The molecule has 1 unspecified atom stereocenters. The van der Waals surface area contributed by atoms with Crippen molar-refractivity contribution in [1.82, 2.24) is 4.98 Å². The van der Waals surface area contributed by atoms with E-state index >= 15 is 0 Å². The number of hydrogen-bond donors (Lipinski definition) is 1. The van der Waals surface area contributed by atoms with E-state index in [0.29, 0.717) is 12.1 Å². The Morgan fingerprint density at radius 1 is 1.50 bits per heavy atom. The van der Waals surface area contributed by atoms with Crippen molar-refractivity contribution >= 4 is 5.91 Å². The Morgan fingerprint density at radius 3 is 2.56 bits per heavy atom. The van der Waals surface area contributed by atoms with Gasteiger partial charge in [-0.2, -0.15) is 0 Å². The molecule has 1 heterocycles. The molecule has 100 valence electrons. The average Bonchev–Trinajstić information content (AvgIpc) is 2.25. The third kappa shape index (κ3) is 4.23. The molecular weight excluding hydrogens is 249 g/mol. The molecule has 2 N–H and O–H groups in total. The van der Waals surface area contributed by atoms with Gasteiger partial charge in [0.15, 0.2) is 0 Å². The molecule has 0 aromatic carbocycles. The summed E-state index contributed by atoms with van der Waals surface area (Å²) in [4.78, 5) is 15.0. The maximum absolute atomic E-state index is 11.9. The Labute approximate surface area is 102 Å². The third-order valence-electron chi connectivity index (χ3n) is 2.27. The smallest absolute Gasteiger partial charge is 0.404 e. The number of carbonyl (C=O) groups excluding carboxylic acids is 1. The van der Waals surface area contributed by atoms with E-state index in [-0.39, 0.29) is 0 Å². The molecule has 0 saturated heterocycles. The van der Waals surface area contributed by atoms with Crippen LogP contribution in [0.15, 0.2) is 18.3 Å². The number of ether oxygens (including phenoxy) is 1. The maximum atomic E-state index is 11.9. The summed E-state index contributed by atoms with van der Waals surface area (Å²) in [7, 11) is 0. The molecule has 0 radical (unpaired) electrons. The van der Waals surface area contributed by atoms with Gasteiger partial charge in [0.25, 0.3) is 0 Å². The van der Waals surface area contributed by atoms with E-state index in [9.17, 15) is 18.0 Å². The van der Waals surface area contributed by atoms with E-state index in [0.717, 1.165) is 18.7 Å². The van der Waals surface area contributed by atoms with Crippen LogP contribution < -0.4 is 10.5 Å². The Bertz CT molecular complexity index is 404. The SMILES string of the molecule is CCCC(C(N)=O)c1ccc(OC(F)(F)F)cn1. The van der Waals surface area contributed by atoms with Gasteiger partial charge in [-0.1, -0.05) is 13.3 Å². The first kappa shape index (κ1) is 14.3. The fourth-order valence-electron chi connectivity index (χ4n) is 1.52. The Kier molecular flexibility index (Phi) is 4.52. The molecule has 1 aromatic rings. The van der Waals surface area contributed by atoms with Crippen LogP contribution in [0, 0.1) is 0 Å². The fourth-order valence-corrected chi connectivity index (χ4v) is 1.52. The minimum atomic E-state index is -4.75. The van der Waals surface area contributed by atoms with E-state index in [1.165, 1.54) is 6.07 Å². The number of hydrogen-bond acceptors (Lipinski definition) is 3. The number of aromatic nitrogens is 1. The first-order chi connectivity index (χ1) is 8.33. The van der Waals surface area contributed by atoms with Gasteiger partial charge in [0.1, 0.15) is 5.75 Å². The molecule has 0 aliphatic heterocycles. The Hall–Kier alpha value is -1.79. The molecule has 0 spiro atoms. The number of primary amides is 1. The summed E-state index contributed by atoms with van der Waals surface area (Å²) in [5, 5.41) is 0. The fraction of sp³-hybridized carbons (Fsp3) is 0.455. The lowest BCUT2D eigenvalue weighted by molar-refractivity contribution is -0.274. The average molecular weight is 262 g/mol. The number of nitrogens with zero attached hydrogens (tertiary/aromatic N) is 1. The first-order valence-corrected chi connectivity index (χ1v) is 5.34. The molecule has 1 aromatic heterocycles. The zero-order chi connectivity index (χ0) is 13.8. The van der Waals surface area contributed by atoms with E-state index in [4.69, 9.17) is 5.73 Å². The van der Waals surface area contributed by atoms with Crippen LogP contribution in [0.5, 0.6) is 5.75 Å². The number of halogens is 3. The highest BCUT2D eigenvalue weighted by Crippen LogP contribution is 2.24. The van der Waals surface area contributed by atoms with Gasteiger partial charge in [0.05, 0.1) is 17.8 Å². The lowest BCUT2D eigenvalue weighted by atomic mass is 9.98. The summed E-state index contributed by atoms with van der Waals surface area (Å²) in [6.07, 6.45) is -2.61. The third-order valence-corrected chi connectivity index (χ3v) is 2.27. The van der Waals surface area contributed by atoms with Gasteiger partial charge in [-0.25, -0.2) is 0 Å². The van der Waals surface area contributed by atoms with Crippen LogP contribution in [0.2, 0.25) is 0 Å². The first-order valence-electron chi connectivity index (χ1n) is 5.34. The highest BCUT2D eigenvalue weighted by atomic mass is 19.4. The van der Waals surface area contributed by atoms with Crippen LogP contribution >= 0.6 is 0 Å². The maximum Gasteiger partial charge on any atom is 0.573 e. The molecule has 0 saturated carbocycles. The van der Waals surface area contributed by atoms with Gasteiger partial charge < -0.3 is 10.5 Å². The van der Waals surface area contributed by atoms with Crippen molar-refractivity contribution in [2.45, 2.75) is 32.0 Å². The topological polar surface area (TPSA) is 65.2 Å². The second kappa shape index (κ2) is 5.70. The molecule has 0 aliphatic carbocycles. The van der Waals surface area contributed by atoms with Crippen LogP contribution in [-0.4, -0.2) is 17.3 Å². The second-order valence-electron chi connectivity index (χ2n) is 3.71. The molecular formula is C11H13F3N2O2. The van der Waals surface area contributed by atoms with Gasteiger partial charge in [-0.15, -0.1) is 13.2 Å². The monoisotopic (exact) mass is 262 g/mol. The van der Waals surface area contributed by atoms with Crippen LogP contribution in [0.4, 0.5) is 13.2 Å². The van der Waals surface area contributed by atoms with Crippen molar-refractivity contribution in [2.75, 3.05) is 0 Å². The van der Waals surface area contributed by atoms with Gasteiger partial charge in [-0.3, -0.25) is 9.78 Å². The minimum Gasteiger partial charge on any atom is -0.404 e. The summed E-state index contributed by atoms with van der Waals surface area (Å²) >= 11 is 0. The molecule has 0 bridgehead atoms. The molecule has 1 rings (SSSR count). The van der Waals surface area contributed by atoms with Gasteiger partial charge in [-0.05, 0) is 18.6 Å². The summed E-state index contributed by atoms with van der Waals surface area (Å²) in [5.74, 6) is -1.56. The number of amides is 1. The van der Waals surface area contributed by atoms with E-state index in [1.807, 2.05) is 6.92 Å². The van der Waals surface area contributed by atoms with Crippen molar-refractivity contribution in [2.24, 2.45) is 5.73 Å². The van der Waals surface area contributed by atoms with Crippen LogP contribution in [0.25, 0.3) is 0 Å². The van der Waals surface area contributed by atoms with Crippen molar-refractivity contribution in [1.29, 1.82) is 0 Å². The quantitative estimate of drug-likeness (QED) is 0.885. The molecule has 0 fully saturated rings. The summed E-state index contributed by atoms with van der Waals surface area (Å²) < 4.78 is 39.5. The molecule has 4 nitrogen and oxygen atoms in total. The molecule has 1 atom stereocenters. The van der Waals surface area contributed by atoms with Gasteiger partial charge in [0.2, 0.25) is 5.91 Å². The van der Waals surface area contributed by atoms with Gasteiger partial charge in [0, 0.05) is 0 Å². The summed E-state index contributed by atoms with van der Waals surface area (Å²) in [6, 6.07) is 2.42. The zero-order valence-corrected chi connectivity index (χ0v) is 9.70. The predicted octanol–water partition coefficient (Wildman–Crippen LogP) is 2.35. The standard InChI is InChI=1S/C11H13F3N2O2/c1-2-3-8(10(15)17)9-5-4-7(6-16-9)18-11(12,13)14/h4-6,8H,2-3H2,1H3,(H2,15,17). The van der Waals surface area contributed by atoms with Crippen LogP contribution in [0.3, 0.4) is 0 Å². The highest BCUT2D eigenvalue weighted by molar-refractivity contribution is 5.81. The highest BCUT2D eigenvalue weighted by Gasteiger charge is 2.31. The van der Waals surface area contributed by atoms with Gasteiger partial charge >= 0.3 is 6.36 Å². The number of rotatable bonds is 5. The minimum absolute atomic E-state index is 0.346. The Balaban J connectivity index is 2.83. The Morgan fingerprint density at radius 2 is 2.17 bits per heavy atom. The predicted molar refractivity (Wildman–Crippen MR) is 57.8 cm³/mol. The molecule has 7 heteroatoms. The summed E-state index contributed by atoms with van der Waals surface area (Å²) in [6.45, 7) is 1.87. The largest absolute Gasteiger partial charge is 0.573 e. The van der Waals surface area contributed by atoms with Crippen molar-refractivity contribution < 1.29 is 22.7 Å². The number of pyridine rings is 1. The molecule has 18 heavy (non-hydrogen) atoms.